The van der Waals surface area contributed by atoms with Gasteiger partial charge < -0.3 is 5.32 Å². The Kier molecular flexibility index (Phi) is 3.92. The Morgan fingerprint density at radius 2 is 1.62 bits per heavy atom. The molecule has 0 fully saturated rings. The lowest BCUT2D eigenvalue weighted by Crippen LogP contribution is -2.01. The molecule has 0 atom stereocenters. The molecule has 0 unspecified atom stereocenters. The van der Waals surface area contributed by atoms with Crippen LogP contribution in [-0.4, -0.2) is 0 Å². The number of hydrogen-bond acceptors (Lipinski definition) is 1. The van der Waals surface area contributed by atoms with Gasteiger partial charge in [0, 0.05) is 12.2 Å². The van der Waals surface area contributed by atoms with Gasteiger partial charge in [-0.3, -0.25) is 0 Å². The van der Waals surface area contributed by atoms with Crippen molar-refractivity contribution in [2.75, 3.05) is 5.32 Å². The molecule has 3 aromatic rings. The molecule has 0 aliphatic carbocycles. The minimum absolute atomic E-state index is 0.560. The Hall–Kier alpha value is -2.28. The highest BCUT2D eigenvalue weighted by Crippen LogP contribution is 2.22. The standard InChI is InChI=1S/C20H21N/c1-15(2)17-9-6-11-19(13-17)21-14-18-10-5-8-16-7-3-4-12-20(16)18/h3-13,15,21H,14H2,1-2H3. The molecule has 1 nitrogen and oxygen atoms in total. The van der Waals surface area contributed by atoms with Crippen LogP contribution in [0.2, 0.25) is 0 Å². The van der Waals surface area contributed by atoms with E-state index in [-0.39, 0.29) is 0 Å². The molecule has 21 heavy (non-hydrogen) atoms. The van der Waals surface area contributed by atoms with Crippen LogP contribution in [0, 0.1) is 0 Å². The van der Waals surface area contributed by atoms with Crippen molar-refractivity contribution in [3.63, 3.8) is 0 Å². The third-order valence-electron chi connectivity index (χ3n) is 3.92. The third kappa shape index (κ3) is 3.08. The van der Waals surface area contributed by atoms with Crippen molar-refractivity contribution < 1.29 is 0 Å². The number of fused-ring (bicyclic) bond motifs is 1. The normalized spacial score (nSPS) is 11.0. The van der Waals surface area contributed by atoms with Crippen molar-refractivity contribution in [1.82, 2.24) is 0 Å². The summed E-state index contributed by atoms with van der Waals surface area (Å²) in [7, 11) is 0. The van der Waals surface area contributed by atoms with Gasteiger partial charge >= 0.3 is 0 Å². The molecule has 0 aliphatic heterocycles. The molecule has 0 saturated carbocycles. The number of rotatable bonds is 4. The van der Waals surface area contributed by atoms with Gasteiger partial charge in [-0.05, 0) is 39.9 Å². The first-order valence-corrected chi connectivity index (χ1v) is 7.54. The second kappa shape index (κ2) is 6.01. The second-order valence-corrected chi connectivity index (χ2v) is 5.77. The Morgan fingerprint density at radius 3 is 2.48 bits per heavy atom. The minimum Gasteiger partial charge on any atom is -0.381 e. The van der Waals surface area contributed by atoms with Crippen molar-refractivity contribution in [3.05, 3.63) is 77.9 Å². The summed E-state index contributed by atoms with van der Waals surface area (Å²) in [6.45, 7) is 5.30. The molecular formula is C20H21N. The molecule has 0 spiro atoms. The molecule has 0 amide bonds. The lowest BCUT2D eigenvalue weighted by Gasteiger charge is -2.12. The van der Waals surface area contributed by atoms with E-state index in [1.54, 1.807) is 0 Å². The lowest BCUT2D eigenvalue weighted by atomic mass is 10.0. The summed E-state index contributed by atoms with van der Waals surface area (Å²) in [5, 5.41) is 6.17. The maximum atomic E-state index is 3.55. The van der Waals surface area contributed by atoms with Gasteiger partial charge in [0.1, 0.15) is 0 Å². The summed E-state index contributed by atoms with van der Waals surface area (Å²) in [6, 6.07) is 23.7. The van der Waals surface area contributed by atoms with Crippen LogP contribution >= 0.6 is 0 Å². The van der Waals surface area contributed by atoms with E-state index in [2.05, 4.69) is 85.9 Å². The van der Waals surface area contributed by atoms with E-state index in [4.69, 9.17) is 0 Å². The fraction of sp³-hybridized carbons (Fsp3) is 0.200. The van der Waals surface area contributed by atoms with Crippen molar-refractivity contribution in [1.29, 1.82) is 0 Å². The smallest absolute Gasteiger partial charge is 0.0406 e. The Balaban J connectivity index is 1.82. The van der Waals surface area contributed by atoms with E-state index in [9.17, 15) is 0 Å². The van der Waals surface area contributed by atoms with Crippen molar-refractivity contribution in [2.45, 2.75) is 26.3 Å². The maximum absolute atomic E-state index is 3.55. The lowest BCUT2D eigenvalue weighted by molar-refractivity contribution is 0.866. The molecule has 1 heteroatoms. The number of anilines is 1. The van der Waals surface area contributed by atoms with Gasteiger partial charge in [0.15, 0.2) is 0 Å². The Bertz CT molecular complexity index is 738. The highest BCUT2D eigenvalue weighted by atomic mass is 14.9. The van der Waals surface area contributed by atoms with Crippen LogP contribution in [-0.2, 0) is 6.54 Å². The van der Waals surface area contributed by atoms with Gasteiger partial charge in [0.05, 0.1) is 0 Å². The van der Waals surface area contributed by atoms with Gasteiger partial charge in [-0.15, -0.1) is 0 Å². The SMILES string of the molecule is CC(C)c1cccc(NCc2cccc3ccccc23)c1. The van der Waals surface area contributed by atoms with E-state index in [1.807, 2.05) is 0 Å². The summed E-state index contributed by atoms with van der Waals surface area (Å²) < 4.78 is 0. The Labute approximate surface area is 126 Å². The zero-order chi connectivity index (χ0) is 14.7. The first kappa shape index (κ1) is 13.7. The number of nitrogens with one attached hydrogen (secondary N) is 1. The van der Waals surface area contributed by atoms with Gasteiger partial charge in [0.25, 0.3) is 0 Å². The van der Waals surface area contributed by atoms with Gasteiger partial charge in [-0.1, -0.05) is 68.4 Å². The molecule has 0 radical (unpaired) electrons. The molecule has 0 aliphatic rings. The molecule has 106 valence electrons. The summed E-state index contributed by atoms with van der Waals surface area (Å²) in [4.78, 5) is 0. The molecule has 1 N–H and O–H groups in total. The quantitative estimate of drug-likeness (QED) is 0.656. The van der Waals surface area contributed by atoms with Gasteiger partial charge in [-0.25, -0.2) is 0 Å². The topological polar surface area (TPSA) is 12.0 Å². The first-order chi connectivity index (χ1) is 10.2. The molecule has 0 saturated heterocycles. The van der Waals surface area contributed by atoms with Crippen LogP contribution in [0.3, 0.4) is 0 Å². The predicted octanol–water partition coefficient (Wildman–Crippen LogP) is 5.58. The van der Waals surface area contributed by atoms with E-state index >= 15 is 0 Å². The largest absolute Gasteiger partial charge is 0.381 e. The van der Waals surface area contributed by atoms with Crippen molar-refractivity contribution >= 4 is 16.5 Å². The average Bonchev–Trinajstić information content (AvgIpc) is 2.53. The highest BCUT2D eigenvalue weighted by Gasteiger charge is 2.02. The van der Waals surface area contributed by atoms with Gasteiger partial charge in [-0.2, -0.15) is 0 Å². The van der Waals surface area contributed by atoms with E-state index < -0.39 is 0 Å². The third-order valence-corrected chi connectivity index (χ3v) is 3.92. The monoisotopic (exact) mass is 275 g/mol. The first-order valence-electron chi connectivity index (χ1n) is 7.54. The van der Waals surface area contributed by atoms with E-state index in [0.29, 0.717) is 5.92 Å². The second-order valence-electron chi connectivity index (χ2n) is 5.77. The van der Waals surface area contributed by atoms with Crippen LogP contribution in [0.4, 0.5) is 5.69 Å². The van der Waals surface area contributed by atoms with Crippen molar-refractivity contribution in [3.8, 4) is 0 Å². The Morgan fingerprint density at radius 1 is 0.857 bits per heavy atom. The van der Waals surface area contributed by atoms with Crippen LogP contribution in [0.1, 0.15) is 30.9 Å². The molecule has 0 bridgehead atoms. The fourth-order valence-electron chi connectivity index (χ4n) is 2.65. The zero-order valence-corrected chi connectivity index (χ0v) is 12.6. The predicted molar refractivity (Wildman–Crippen MR) is 91.8 cm³/mol. The van der Waals surface area contributed by atoms with Crippen LogP contribution < -0.4 is 5.32 Å². The van der Waals surface area contributed by atoms with Crippen LogP contribution in [0.5, 0.6) is 0 Å². The summed E-state index contributed by atoms with van der Waals surface area (Å²) >= 11 is 0. The highest BCUT2D eigenvalue weighted by molar-refractivity contribution is 5.85. The molecule has 3 rings (SSSR count). The van der Waals surface area contributed by atoms with E-state index in [1.165, 1.54) is 27.6 Å². The van der Waals surface area contributed by atoms with Crippen LogP contribution in [0.15, 0.2) is 66.7 Å². The molecule has 3 aromatic carbocycles. The van der Waals surface area contributed by atoms with Crippen molar-refractivity contribution in [2.24, 2.45) is 0 Å². The average molecular weight is 275 g/mol. The molecular weight excluding hydrogens is 254 g/mol. The zero-order valence-electron chi connectivity index (χ0n) is 12.6. The fourth-order valence-corrected chi connectivity index (χ4v) is 2.65. The van der Waals surface area contributed by atoms with Crippen LogP contribution in [0.25, 0.3) is 10.8 Å². The molecule has 0 heterocycles. The van der Waals surface area contributed by atoms with Gasteiger partial charge in [0.2, 0.25) is 0 Å². The van der Waals surface area contributed by atoms with E-state index in [0.717, 1.165) is 6.54 Å². The summed E-state index contributed by atoms with van der Waals surface area (Å²) in [6.07, 6.45) is 0. The number of benzene rings is 3. The number of hydrogen-bond donors (Lipinski definition) is 1. The summed E-state index contributed by atoms with van der Waals surface area (Å²) in [5.41, 5.74) is 3.90. The maximum Gasteiger partial charge on any atom is 0.0406 e. The summed E-state index contributed by atoms with van der Waals surface area (Å²) in [5.74, 6) is 0.560. The minimum atomic E-state index is 0.560. The molecule has 0 aromatic heterocycles.